The number of hydrogen-bond acceptors (Lipinski definition) is 10. The lowest BCUT2D eigenvalue weighted by Gasteiger charge is -2.28. The molecule has 3 rings (SSSR count). The minimum absolute atomic E-state index is 0.00683. The zero-order valence-corrected chi connectivity index (χ0v) is 20.9. The van der Waals surface area contributed by atoms with Gasteiger partial charge in [-0.3, -0.25) is 5.43 Å². The largest absolute Gasteiger partial charge is 0.504 e. The fourth-order valence-electron chi connectivity index (χ4n) is 3.59. The number of esters is 1. The lowest BCUT2D eigenvalue weighted by molar-refractivity contribution is -0.136. The van der Waals surface area contributed by atoms with E-state index in [1.165, 1.54) is 26.5 Å². The lowest BCUT2D eigenvalue weighted by Crippen LogP contribution is -2.45. The Bertz CT molecular complexity index is 1200. The molecular formula is C25H30N4O8. The lowest BCUT2D eigenvalue weighted by atomic mass is 9.95. The zero-order chi connectivity index (χ0) is 26.9. The molecule has 0 fully saturated rings. The topological polar surface area (TPSA) is 160 Å². The summed E-state index contributed by atoms with van der Waals surface area (Å²) in [4.78, 5) is 24.4. The summed E-state index contributed by atoms with van der Waals surface area (Å²) < 4.78 is 21.3. The van der Waals surface area contributed by atoms with E-state index in [1.54, 1.807) is 44.2 Å². The number of carbonyl (C=O) groups is 2. The summed E-state index contributed by atoms with van der Waals surface area (Å²) in [5, 5.41) is 29.1. The van der Waals surface area contributed by atoms with Crippen molar-refractivity contribution in [3.05, 3.63) is 58.8 Å². The maximum atomic E-state index is 12.4. The van der Waals surface area contributed by atoms with Crippen LogP contribution in [0.25, 0.3) is 0 Å². The van der Waals surface area contributed by atoms with E-state index < -0.39 is 24.3 Å². The van der Waals surface area contributed by atoms with Gasteiger partial charge in [0, 0.05) is 5.70 Å². The number of aromatic hydroxyl groups is 1. The van der Waals surface area contributed by atoms with E-state index >= 15 is 0 Å². The Balaban J connectivity index is 1.70. The maximum Gasteiger partial charge on any atom is 0.337 e. The average Bonchev–Trinajstić information content (AvgIpc) is 2.88. The molecule has 2 aromatic carbocycles. The quantitative estimate of drug-likeness (QED) is 0.131. The zero-order valence-electron chi connectivity index (χ0n) is 20.9. The number of hydrazone groups is 1. The highest BCUT2D eigenvalue weighted by molar-refractivity contribution is 5.95. The van der Waals surface area contributed by atoms with E-state index in [-0.39, 0.29) is 17.9 Å². The van der Waals surface area contributed by atoms with Crippen LogP contribution in [0.1, 0.15) is 31.0 Å². The molecule has 198 valence electrons. The molecule has 0 spiro atoms. The summed E-state index contributed by atoms with van der Waals surface area (Å²) in [5.74, 6) is 0.440. The molecule has 2 aromatic rings. The van der Waals surface area contributed by atoms with Crippen LogP contribution in [0.2, 0.25) is 0 Å². The summed E-state index contributed by atoms with van der Waals surface area (Å²) in [6.45, 7) is 3.59. The van der Waals surface area contributed by atoms with Crippen LogP contribution in [0.15, 0.2) is 52.8 Å². The molecule has 0 bridgehead atoms. The van der Waals surface area contributed by atoms with Gasteiger partial charge in [-0.05, 0) is 55.3 Å². The number of phenols is 1. The summed E-state index contributed by atoms with van der Waals surface area (Å²) in [7, 11) is 2.71. The summed E-state index contributed by atoms with van der Waals surface area (Å²) in [5.41, 5.74) is 4.43. The number of methoxy groups -OCH3 is 2. The van der Waals surface area contributed by atoms with Gasteiger partial charge < -0.3 is 39.8 Å². The predicted molar refractivity (Wildman–Crippen MR) is 134 cm³/mol. The maximum absolute atomic E-state index is 12.4. The van der Waals surface area contributed by atoms with Gasteiger partial charge in [0.2, 0.25) is 0 Å². The first-order valence-electron chi connectivity index (χ1n) is 11.4. The Labute approximate surface area is 213 Å². The highest BCUT2D eigenvalue weighted by atomic mass is 16.5. The number of hydrogen-bond donors (Lipinski definition) is 5. The Hall–Kier alpha value is -4.45. The number of nitrogens with zero attached hydrogens (tertiary/aromatic N) is 1. The van der Waals surface area contributed by atoms with Crippen molar-refractivity contribution in [2.45, 2.75) is 26.1 Å². The normalized spacial score (nSPS) is 16.0. The summed E-state index contributed by atoms with van der Waals surface area (Å²) in [6.07, 6.45) is 0.303. The molecule has 1 aliphatic rings. The first-order valence-corrected chi connectivity index (χ1v) is 11.4. The smallest absolute Gasteiger partial charge is 0.337 e. The van der Waals surface area contributed by atoms with Crippen LogP contribution in [0.5, 0.6) is 23.0 Å². The number of phenolic OH excluding ortho intramolecular Hbond substituents is 1. The second-order valence-corrected chi connectivity index (χ2v) is 7.85. The number of aliphatic hydroxyl groups is 1. The van der Waals surface area contributed by atoms with Gasteiger partial charge in [-0.1, -0.05) is 6.07 Å². The average molecular weight is 515 g/mol. The molecule has 0 saturated heterocycles. The van der Waals surface area contributed by atoms with Crippen molar-refractivity contribution in [3.63, 3.8) is 0 Å². The third kappa shape index (κ3) is 6.82. The van der Waals surface area contributed by atoms with Crippen molar-refractivity contribution in [3.8, 4) is 23.0 Å². The van der Waals surface area contributed by atoms with E-state index in [1.807, 2.05) is 0 Å². The Morgan fingerprint density at radius 2 is 1.95 bits per heavy atom. The molecule has 2 atom stereocenters. The van der Waals surface area contributed by atoms with Gasteiger partial charge in [0.1, 0.15) is 6.61 Å². The highest BCUT2D eigenvalue weighted by Crippen LogP contribution is 2.35. The number of benzene rings is 2. The van der Waals surface area contributed by atoms with Crippen LogP contribution in [-0.4, -0.2) is 62.1 Å². The number of aliphatic hydroxyl groups excluding tert-OH is 1. The Morgan fingerprint density at radius 1 is 1.16 bits per heavy atom. The number of carbonyl (C=O) groups excluding carboxylic acids is 2. The second kappa shape index (κ2) is 12.5. The molecule has 1 aliphatic heterocycles. The van der Waals surface area contributed by atoms with Crippen LogP contribution in [0.4, 0.5) is 4.79 Å². The van der Waals surface area contributed by atoms with Crippen LogP contribution < -0.4 is 30.3 Å². The van der Waals surface area contributed by atoms with Crippen LogP contribution in [0.3, 0.4) is 0 Å². The molecule has 12 heteroatoms. The number of ether oxygens (including phenoxy) is 4. The van der Waals surface area contributed by atoms with E-state index in [9.17, 15) is 19.8 Å². The van der Waals surface area contributed by atoms with Gasteiger partial charge in [0.25, 0.3) is 0 Å². The third-order valence-electron chi connectivity index (χ3n) is 5.31. The molecule has 2 amide bonds. The summed E-state index contributed by atoms with van der Waals surface area (Å²) >= 11 is 0. The molecule has 12 nitrogen and oxygen atoms in total. The van der Waals surface area contributed by atoms with E-state index in [0.29, 0.717) is 40.7 Å². The summed E-state index contributed by atoms with van der Waals surface area (Å²) in [6, 6.07) is 8.45. The van der Waals surface area contributed by atoms with Gasteiger partial charge in [-0.15, -0.1) is 0 Å². The fourth-order valence-corrected chi connectivity index (χ4v) is 3.59. The van der Waals surface area contributed by atoms with Crippen molar-refractivity contribution >= 4 is 18.2 Å². The van der Waals surface area contributed by atoms with Gasteiger partial charge in [0.15, 0.2) is 29.2 Å². The van der Waals surface area contributed by atoms with Crippen molar-refractivity contribution < 1.29 is 38.7 Å². The van der Waals surface area contributed by atoms with Gasteiger partial charge in [-0.2, -0.15) is 5.10 Å². The molecule has 37 heavy (non-hydrogen) atoms. The van der Waals surface area contributed by atoms with Crippen molar-refractivity contribution in [1.29, 1.82) is 0 Å². The molecule has 5 N–H and O–H groups in total. The van der Waals surface area contributed by atoms with Gasteiger partial charge in [0.05, 0.1) is 38.7 Å². The minimum atomic E-state index is -1.15. The SMILES string of the molecule is CCOc1cc([C@H]2NC(=O)NC(C)=C2C(=O)OC)ccc1OC[C@@H](O)N/N=C\c1ccc(O)c(OC)c1. The molecule has 0 saturated carbocycles. The van der Waals surface area contributed by atoms with Crippen LogP contribution in [-0.2, 0) is 9.53 Å². The molecule has 0 aromatic heterocycles. The first kappa shape index (κ1) is 27.1. The standard InChI is InChI=1S/C25H30N4O8/c1-5-36-20-11-16(23-22(24(32)35-4)14(2)27-25(33)28-23)7-9-18(20)37-13-21(31)29-26-12-15-6-8-17(30)19(10-15)34-3/h6-12,21,23,29-31H,5,13H2,1-4H3,(H2,27,28,33)/b26-12-/t21-,23-/m1/s1. The predicted octanol–water partition coefficient (Wildman–Crippen LogP) is 1.92. The Morgan fingerprint density at radius 3 is 2.65 bits per heavy atom. The second-order valence-electron chi connectivity index (χ2n) is 7.85. The number of amides is 2. The number of rotatable bonds is 11. The van der Waals surface area contributed by atoms with Crippen molar-refractivity contribution in [2.75, 3.05) is 27.4 Å². The fraction of sp³-hybridized carbons (Fsp3) is 0.320. The number of urea groups is 1. The first-order chi connectivity index (χ1) is 17.8. The molecule has 0 aliphatic carbocycles. The monoisotopic (exact) mass is 514 g/mol. The highest BCUT2D eigenvalue weighted by Gasteiger charge is 2.32. The molecule has 1 heterocycles. The molecular weight excluding hydrogens is 484 g/mol. The third-order valence-corrected chi connectivity index (χ3v) is 5.31. The van der Waals surface area contributed by atoms with E-state index in [4.69, 9.17) is 18.9 Å². The van der Waals surface area contributed by atoms with Crippen molar-refractivity contribution in [2.24, 2.45) is 5.10 Å². The van der Waals surface area contributed by atoms with E-state index in [0.717, 1.165) is 0 Å². The van der Waals surface area contributed by atoms with Crippen LogP contribution in [0, 0.1) is 0 Å². The van der Waals surface area contributed by atoms with Gasteiger partial charge in [-0.25, -0.2) is 9.59 Å². The van der Waals surface area contributed by atoms with E-state index in [2.05, 4.69) is 21.2 Å². The minimum Gasteiger partial charge on any atom is -0.504 e. The van der Waals surface area contributed by atoms with Gasteiger partial charge >= 0.3 is 12.0 Å². The van der Waals surface area contributed by atoms with Crippen molar-refractivity contribution in [1.82, 2.24) is 16.1 Å². The van der Waals surface area contributed by atoms with Crippen LogP contribution >= 0.6 is 0 Å². The molecule has 0 unspecified atom stereocenters. The Kier molecular flexibility index (Phi) is 9.16. The number of nitrogens with one attached hydrogen (secondary N) is 3. The number of allylic oxidation sites excluding steroid dienone is 1. The molecule has 0 radical (unpaired) electrons.